The van der Waals surface area contributed by atoms with Gasteiger partial charge in [-0.2, -0.15) is 5.10 Å². The van der Waals surface area contributed by atoms with Crippen molar-refractivity contribution in [3.63, 3.8) is 0 Å². The molecule has 6 aromatic rings. The average Bonchev–Trinajstić information content (AvgIpc) is 3.53. The summed E-state index contributed by atoms with van der Waals surface area (Å²) in [7, 11) is 0. The van der Waals surface area contributed by atoms with Gasteiger partial charge in [-0.15, -0.1) is 0 Å². The predicted molar refractivity (Wildman–Crippen MR) is 139 cm³/mol. The summed E-state index contributed by atoms with van der Waals surface area (Å²) in [4.78, 5) is 24.2. The lowest BCUT2D eigenvalue weighted by Crippen LogP contribution is -2.09. The Hall–Kier alpha value is -4.78. The zero-order valence-electron chi connectivity index (χ0n) is 19.0. The van der Waals surface area contributed by atoms with Crippen LogP contribution < -0.4 is 5.32 Å². The second-order valence-electron chi connectivity index (χ2n) is 8.36. The van der Waals surface area contributed by atoms with E-state index < -0.39 is 0 Å². The molecular formula is C28H22N6O. The number of amides is 1. The van der Waals surface area contributed by atoms with E-state index in [1.54, 1.807) is 12.4 Å². The van der Waals surface area contributed by atoms with Crippen LogP contribution in [0.1, 0.15) is 13.3 Å². The lowest BCUT2D eigenvalue weighted by atomic mass is 10.0. The van der Waals surface area contributed by atoms with Crippen LogP contribution in [0, 0.1) is 0 Å². The molecule has 0 aliphatic heterocycles. The van der Waals surface area contributed by atoms with Gasteiger partial charge in [0.05, 0.1) is 28.8 Å². The Morgan fingerprint density at radius 3 is 2.71 bits per heavy atom. The highest BCUT2D eigenvalue weighted by Crippen LogP contribution is 2.35. The Labute approximate surface area is 201 Å². The summed E-state index contributed by atoms with van der Waals surface area (Å²) < 4.78 is 0. The van der Waals surface area contributed by atoms with Crippen molar-refractivity contribution >= 4 is 33.4 Å². The molecule has 0 spiro atoms. The number of carbonyl (C=O) groups is 1. The molecular weight excluding hydrogens is 436 g/mol. The molecule has 0 radical (unpaired) electrons. The monoisotopic (exact) mass is 458 g/mol. The maximum Gasteiger partial charge on any atom is 0.224 e. The van der Waals surface area contributed by atoms with Crippen LogP contribution in [0.4, 0.5) is 5.69 Å². The molecule has 3 N–H and O–H groups in total. The zero-order chi connectivity index (χ0) is 23.8. The largest absolute Gasteiger partial charge is 0.353 e. The normalized spacial score (nSPS) is 11.2. The van der Waals surface area contributed by atoms with E-state index in [0.717, 1.165) is 55.6 Å². The zero-order valence-corrected chi connectivity index (χ0v) is 19.0. The molecule has 0 atom stereocenters. The van der Waals surface area contributed by atoms with Crippen LogP contribution >= 0.6 is 0 Å². The summed E-state index contributed by atoms with van der Waals surface area (Å²) in [6.07, 6.45) is 5.68. The number of aromatic nitrogens is 5. The third-order valence-corrected chi connectivity index (χ3v) is 6.10. The van der Waals surface area contributed by atoms with E-state index in [0.29, 0.717) is 12.1 Å². The number of nitrogens with zero attached hydrogens (tertiary/aromatic N) is 3. The van der Waals surface area contributed by atoms with Gasteiger partial charge in [0, 0.05) is 46.2 Å². The molecule has 0 aliphatic rings. The minimum atomic E-state index is -0.0413. The number of rotatable bonds is 5. The number of pyridine rings is 2. The summed E-state index contributed by atoms with van der Waals surface area (Å²) >= 11 is 0. The lowest BCUT2D eigenvalue weighted by molar-refractivity contribution is -0.115. The van der Waals surface area contributed by atoms with Crippen LogP contribution in [-0.4, -0.2) is 31.1 Å². The highest BCUT2D eigenvalue weighted by Gasteiger charge is 2.15. The SMILES string of the molecule is CCC(=O)Nc1cncc(-c2ccc3[nH]nc(-c4cc5c(-c6ccccn6)cccc5[nH]4)c3c2)c1. The average molecular weight is 459 g/mol. The Morgan fingerprint density at radius 1 is 0.914 bits per heavy atom. The van der Waals surface area contributed by atoms with E-state index in [1.807, 2.05) is 55.6 Å². The first kappa shape index (κ1) is 20.8. The standard InChI is InChI=1S/C28H22N6O/c1-2-27(35)31-19-12-18(15-29-16-19)17-9-10-25-22(13-17)28(34-33-25)26-14-21-20(6-5-8-24(21)32-26)23-7-3-4-11-30-23/h3-16,32H,2H2,1H3,(H,31,35)(H,33,34). The van der Waals surface area contributed by atoms with Gasteiger partial charge in [0.1, 0.15) is 5.69 Å². The molecule has 7 heteroatoms. The quantitative estimate of drug-likeness (QED) is 0.287. The highest BCUT2D eigenvalue weighted by atomic mass is 16.1. The fraction of sp³-hybridized carbons (Fsp3) is 0.0714. The maximum absolute atomic E-state index is 11.8. The van der Waals surface area contributed by atoms with Crippen LogP contribution in [0.5, 0.6) is 0 Å². The lowest BCUT2D eigenvalue weighted by Gasteiger charge is -2.06. The number of hydrogen-bond donors (Lipinski definition) is 3. The topological polar surface area (TPSA) is 99.3 Å². The van der Waals surface area contributed by atoms with E-state index in [2.05, 4.69) is 54.7 Å². The number of carbonyl (C=O) groups excluding carboxylic acids is 1. The second kappa shape index (κ2) is 8.53. The van der Waals surface area contributed by atoms with Crippen molar-refractivity contribution in [1.82, 2.24) is 25.1 Å². The van der Waals surface area contributed by atoms with E-state index in [1.165, 1.54) is 0 Å². The molecule has 0 unspecified atom stereocenters. The number of aromatic amines is 2. The summed E-state index contributed by atoms with van der Waals surface area (Å²) in [6.45, 7) is 1.82. The summed E-state index contributed by atoms with van der Waals surface area (Å²) in [5, 5.41) is 12.7. The molecule has 0 aliphatic carbocycles. The molecule has 1 amide bonds. The van der Waals surface area contributed by atoms with Crippen molar-refractivity contribution < 1.29 is 4.79 Å². The van der Waals surface area contributed by atoms with Gasteiger partial charge in [-0.1, -0.05) is 31.2 Å². The van der Waals surface area contributed by atoms with E-state index in [-0.39, 0.29) is 5.91 Å². The Kier molecular flexibility index (Phi) is 5.07. The van der Waals surface area contributed by atoms with Crippen LogP contribution in [0.3, 0.4) is 0 Å². The predicted octanol–water partition coefficient (Wildman–Crippen LogP) is 6.18. The first-order chi connectivity index (χ1) is 17.2. The Bertz CT molecular complexity index is 1680. The van der Waals surface area contributed by atoms with Crippen molar-refractivity contribution in [2.45, 2.75) is 13.3 Å². The highest BCUT2D eigenvalue weighted by molar-refractivity contribution is 6.01. The summed E-state index contributed by atoms with van der Waals surface area (Å²) in [6, 6.07) is 22.3. The Balaban J connectivity index is 1.43. The maximum atomic E-state index is 11.8. The Morgan fingerprint density at radius 2 is 1.86 bits per heavy atom. The minimum Gasteiger partial charge on any atom is -0.353 e. The van der Waals surface area contributed by atoms with Gasteiger partial charge < -0.3 is 10.3 Å². The number of fused-ring (bicyclic) bond motifs is 2. The van der Waals surface area contributed by atoms with Gasteiger partial charge in [0.2, 0.25) is 5.91 Å². The molecule has 0 saturated heterocycles. The third kappa shape index (κ3) is 3.83. The molecule has 2 aromatic carbocycles. The van der Waals surface area contributed by atoms with Gasteiger partial charge in [0.25, 0.3) is 0 Å². The van der Waals surface area contributed by atoms with Crippen LogP contribution in [0.15, 0.2) is 85.3 Å². The third-order valence-electron chi connectivity index (χ3n) is 6.10. The second-order valence-corrected chi connectivity index (χ2v) is 8.36. The van der Waals surface area contributed by atoms with Crippen molar-refractivity contribution in [2.24, 2.45) is 0 Å². The number of benzene rings is 2. The van der Waals surface area contributed by atoms with Crippen LogP contribution in [0.2, 0.25) is 0 Å². The van der Waals surface area contributed by atoms with Crippen molar-refractivity contribution in [3.05, 3.63) is 85.3 Å². The van der Waals surface area contributed by atoms with Gasteiger partial charge in [0.15, 0.2) is 0 Å². The smallest absolute Gasteiger partial charge is 0.224 e. The first-order valence-corrected chi connectivity index (χ1v) is 11.5. The van der Waals surface area contributed by atoms with Crippen molar-refractivity contribution in [3.8, 4) is 33.8 Å². The molecule has 170 valence electrons. The van der Waals surface area contributed by atoms with Gasteiger partial charge in [-0.05, 0) is 48.0 Å². The number of hydrogen-bond acceptors (Lipinski definition) is 4. The van der Waals surface area contributed by atoms with E-state index in [9.17, 15) is 4.79 Å². The molecule has 6 rings (SSSR count). The summed E-state index contributed by atoms with van der Waals surface area (Å²) in [5.41, 5.74) is 8.33. The van der Waals surface area contributed by atoms with Gasteiger partial charge in [-0.25, -0.2) is 0 Å². The fourth-order valence-corrected chi connectivity index (χ4v) is 4.34. The van der Waals surface area contributed by atoms with E-state index in [4.69, 9.17) is 0 Å². The molecule has 0 fully saturated rings. The molecule has 35 heavy (non-hydrogen) atoms. The molecule has 4 aromatic heterocycles. The number of nitrogens with one attached hydrogen (secondary N) is 3. The van der Waals surface area contributed by atoms with Crippen LogP contribution in [0.25, 0.3) is 55.6 Å². The van der Waals surface area contributed by atoms with Gasteiger partial charge >= 0.3 is 0 Å². The molecule has 7 nitrogen and oxygen atoms in total. The molecule has 0 saturated carbocycles. The van der Waals surface area contributed by atoms with Crippen LogP contribution in [-0.2, 0) is 4.79 Å². The number of anilines is 1. The van der Waals surface area contributed by atoms with Gasteiger partial charge in [-0.3, -0.25) is 19.9 Å². The van der Waals surface area contributed by atoms with Crippen molar-refractivity contribution in [2.75, 3.05) is 5.32 Å². The molecule has 0 bridgehead atoms. The number of H-pyrrole nitrogens is 2. The van der Waals surface area contributed by atoms with E-state index >= 15 is 0 Å². The van der Waals surface area contributed by atoms with Crippen molar-refractivity contribution in [1.29, 1.82) is 0 Å². The molecule has 4 heterocycles. The minimum absolute atomic E-state index is 0.0413. The first-order valence-electron chi connectivity index (χ1n) is 11.5. The fourth-order valence-electron chi connectivity index (χ4n) is 4.34. The summed E-state index contributed by atoms with van der Waals surface area (Å²) in [5.74, 6) is -0.0413.